The fourth-order valence-electron chi connectivity index (χ4n) is 2.91. The third-order valence-electron chi connectivity index (χ3n) is 4.17. The Morgan fingerprint density at radius 1 is 1.20 bits per heavy atom. The van der Waals surface area contributed by atoms with E-state index in [0.29, 0.717) is 30.4 Å². The van der Waals surface area contributed by atoms with Crippen LogP contribution < -0.4 is 15.5 Å². The van der Waals surface area contributed by atoms with Gasteiger partial charge in [-0.05, 0) is 18.6 Å². The zero-order valence-corrected chi connectivity index (χ0v) is 15.0. The normalized spacial score (nSPS) is 13.4. The van der Waals surface area contributed by atoms with Crippen molar-refractivity contribution in [1.82, 2.24) is 19.9 Å². The van der Waals surface area contributed by atoms with E-state index in [1.54, 1.807) is 23.2 Å². The molecule has 1 aliphatic rings. The van der Waals surface area contributed by atoms with Gasteiger partial charge < -0.3 is 20.4 Å². The van der Waals surface area contributed by atoms with Crippen LogP contribution in [0.15, 0.2) is 18.3 Å². The first-order valence-corrected chi connectivity index (χ1v) is 8.12. The zero-order valence-electron chi connectivity index (χ0n) is 15.0. The lowest BCUT2D eigenvalue weighted by Crippen LogP contribution is -2.37. The Kier molecular flexibility index (Phi) is 4.43. The van der Waals surface area contributed by atoms with E-state index >= 15 is 0 Å². The van der Waals surface area contributed by atoms with Crippen LogP contribution in [0.2, 0.25) is 0 Å². The highest BCUT2D eigenvalue weighted by Crippen LogP contribution is 2.28. The fraction of sp³-hybridized carbons (Fsp3) is 0.412. The zero-order chi connectivity index (χ0) is 18.1. The Bertz CT molecular complexity index is 804. The van der Waals surface area contributed by atoms with Gasteiger partial charge in [0.2, 0.25) is 5.95 Å². The lowest BCUT2D eigenvalue weighted by Gasteiger charge is -2.31. The predicted octanol–water partition coefficient (Wildman–Crippen LogP) is 0.784. The van der Waals surface area contributed by atoms with E-state index in [1.807, 2.05) is 38.0 Å². The van der Waals surface area contributed by atoms with Gasteiger partial charge in [-0.1, -0.05) is 0 Å². The number of amides is 1. The summed E-state index contributed by atoms with van der Waals surface area (Å²) in [7, 11) is 7.76. The number of hydrogen-bond donors (Lipinski definition) is 1. The van der Waals surface area contributed by atoms with Crippen LogP contribution in [0.4, 0.5) is 17.6 Å². The molecule has 0 unspecified atom stereocenters. The van der Waals surface area contributed by atoms with Crippen molar-refractivity contribution in [2.45, 2.75) is 13.0 Å². The van der Waals surface area contributed by atoms with Gasteiger partial charge in [0.05, 0.1) is 12.2 Å². The Labute approximate surface area is 147 Å². The Morgan fingerprint density at radius 2 is 1.96 bits per heavy atom. The quantitative estimate of drug-likeness (QED) is 0.882. The molecule has 3 rings (SSSR count). The topological polar surface area (TPSA) is 91.5 Å². The third kappa shape index (κ3) is 3.33. The molecule has 3 heterocycles. The summed E-state index contributed by atoms with van der Waals surface area (Å²) in [5, 5.41) is 0. The summed E-state index contributed by atoms with van der Waals surface area (Å²) in [5.74, 6) is 1.84. The third-order valence-corrected chi connectivity index (χ3v) is 4.17. The summed E-state index contributed by atoms with van der Waals surface area (Å²) in [4.78, 5) is 31.7. The monoisotopic (exact) mass is 341 g/mol. The molecule has 1 aliphatic heterocycles. The summed E-state index contributed by atoms with van der Waals surface area (Å²) in [6.07, 6.45) is 2.28. The van der Waals surface area contributed by atoms with Crippen molar-refractivity contribution in [3.8, 4) is 0 Å². The first-order chi connectivity index (χ1) is 11.9. The van der Waals surface area contributed by atoms with Gasteiger partial charge in [-0.25, -0.2) is 9.97 Å². The molecule has 132 valence electrons. The minimum Gasteiger partial charge on any atom is -0.384 e. The number of carbonyl (C=O) groups is 1. The maximum Gasteiger partial charge on any atom is 0.254 e. The Balaban J connectivity index is 1.93. The van der Waals surface area contributed by atoms with Crippen molar-refractivity contribution >= 4 is 23.5 Å². The van der Waals surface area contributed by atoms with Gasteiger partial charge in [-0.2, -0.15) is 4.98 Å². The molecule has 0 bridgehead atoms. The molecular weight excluding hydrogens is 318 g/mol. The second-order valence-electron chi connectivity index (χ2n) is 6.51. The molecule has 1 amide bonds. The minimum atomic E-state index is -0.0591. The van der Waals surface area contributed by atoms with Gasteiger partial charge in [-0.3, -0.25) is 4.79 Å². The number of hydrogen-bond acceptors (Lipinski definition) is 7. The number of nitrogens with zero attached hydrogens (tertiary/aromatic N) is 6. The van der Waals surface area contributed by atoms with Crippen LogP contribution in [-0.4, -0.2) is 60.5 Å². The molecule has 2 aromatic heterocycles. The van der Waals surface area contributed by atoms with Crippen molar-refractivity contribution < 1.29 is 4.79 Å². The van der Waals surface area contributed by atoms with Crippen LogP contribution in [-0.2, 0) is 13.0 Å². The highest BCUT2D eigenvalue weighted by Gasteiger charge is 2.27. The lowest BCUT2D eigenvalue weighted by atomic mass is 10.0. The highest BCUT2D eigenvalue weighted by molar-refractivity contribution is 5.94. The first kappa shape index (κ1) is 16.9. The second-order valence-corrected chi connectivity index (χ2v) is 6.51. The Morgan fingerprint density at radius 3 is 2.60 bits per heavy atom. The van der Waals surface area contributed by atoms with Crippen LogP contribution in [0.5, 0.6) is 0 Å². The molecular formula is C17H23N7O. The molecule has 0 saturated carbocycles. The van der Waals surface area contributed by atoms with E-state index in [0.717, 1.165) is 23.5 Å². The largest absolute Gasteiger partial charge is 0.384 e. The molecule has 0 fully saturated rings. The maximum absolute atomic E-state index is 12.8. The molecule has 8 nitrogen and oxygen atoms in total. The smallest absolute Gasteiger partial charge is 0.254 e. The number of nitrogens with two attached hydrogens (primary N) is 1. The van der Waals surface area contributed by atoms with E-state index in [2.05, 4.69) is 15.0 Å². The van der Waals surface area contributed by atoms with Gasteiger partial charge >= 0.3 is 0 Å². The SMILES string of the molecule is CN(C)c1nc2c(c(N(C)C)n1)CCN(C(=O)c1ccnc(N)c1)C2. The van der Waals surface area contributed by atoms with Crippen LogP contribution in [0.25, 0.3) is 0 Å². The summed E-state index contributed by atoms with van der Waals surface area (Å²) in [6, 6.07) is 3.29. The summed E-state index contributed by atoms with van der Waals surface area (Å²) in [5.41, 5.74) is 8.24. The lowest BCUT2D eigenvalue weighted by molar-refractivity contribution is 0.0732. The van der Waals surface area contributed by atoms with Crippen LogP contribution >= 0.6 is 0 Å². The van der Waals surface area contributed by atoms with E-state index in [9.17, 15) is 4.79 Å². The van der Waals surface area contributed by atoms with E-state index in [1.165, 1.54) is 0 Å². The number of fused-ring (bicyclic) bond motifs is 1. The van der Waals surface area contributed by atoms with E-state index in [-0.39, 0.29) is 5.91 Å². The van der Waals surface area contributed by atoms with Gasteiger partial charge in [0, 0.05) is 52.1 Å². The Hall–Kier alpha value is -2.90. The number of pyridine rings is 1. The molecule has 2 aromatic rings. The first-order valence-electron chi connectivity index (χ1n) is 8.12. The second kappa shape index (κ2) is 6.54. The molecule has 0 saturated heterocycles. The fourth-order valence-corrected chi connectivity index (χ4v) is 2.91. The summed E-state index contributed by atoms with van der Waals surface area (Å²) >= 11 is 0. The average Bonchev–Trinajstić information content (AvgIpc) is 2.59. The molecule has 2 N–H and O–H groups in total. The number of aromatic nitrogens is 3. The molecule has 0 spiro atoms. The molecule has 0 atom stereocenters. The number of rotatable bonds is 3. The van der Waals surface area contributed by atoms with Crippen molar-refractivity contribution in [2.75, 3.05) is 50.3 Å². The van der Waals surface area contributed by atoms with Crippen LogP contribution in [0, 0.1) is 0 Å². The molecule has 25 heavy (non-hydrogen) atoms. The molecule has 8 heteroatoms. The van der Waals surface area contributed by atoms with Crippen molar-refractivity contribution in [3.05, 3.63) is 35.2 Å². The number of carbonyl (C=O) groups excluding carboxylic acids is 1. The highest BCUT2D eigenvalue weighted by atomic mass is 16.2. The standard InChI is InChI=1S/C17H23N7O/c1-22(2)15-12-6-8-24(10-13(12)20-17(21-15)23(3)4)16(25)11-5-7-19-14(18)9-11/h5,7,9H,6,8,10H2,1-4H3,(H2,18,19). The van der Waals surface area contributed by atoms with E-state index in [4.69, 9.17) is 5.73 Å². The van der Waals surface area contributed by atoms with Gasteiger partial charge in [0.25, 0.3) is 5.91 Å². The number of anilines is 3. The molecule has 0 aromatic carbocycles. The van der Waals surface area contributed by atoms with Gasteiger partial charge in [0.1, 0.15) is 11.6 Å². The predicted molar refractivity (Wildman–Crippen MR) is 97.8 cm³/mol. The van der Waals surface area contributed by atoms with Gasteiger partial charge in [-0.15, -0.1) is 0 Å². The van der Waals surface area contributed by atoms with Crippen LogP contribution in [0.1, 0.15) is 21.6 Å². The summed E-state index contributed by atoms with van der Waals surface area (Å²) in [6.45, 7) is 1.08. The minimum absolute atomic E-state index is 0.0591. The average molecular weight is 341 g/mol. The molecule has 0 aliphatic carbocycles. The van der Waals surface area contributed by atoms with Gasteiger partial charge in [0.15, 0.2) is 0 Å². The van der Waals surface area contributed by atoms with Crippen molar-refractivity contribution in [1.29, 1.82) is 0 Å². The van der Waals surface area contributed by atoms with E-state index < -0.39 is 0 Å². The summed E-state index contributed by atoms with van der Waals surface area (Å²) < 4.78 is 0. The maximum atomic E-state index is 12.8. The van der Waals surface area contributed by atoms with Crippen LogP contribution in [0.3, 0.4) is 0 Å². The molecule has 0 radical (unpaired) electrons. The van der Waals surface area contributed by atoms with Crippen molar-refractivity contribution in [3.63, 3.8) is 0 Å². The number of nitrogen functional groups attached to an aromatic ring is 1. The van der Waals surface area contributed by atoms with Crippen molar-refractivity contribution in [2.24, 2.45) is 0 Å².